The Kier molecular flexibility index (Phi) is 4.62. The molecule has 0 aromatic heterocycles. The minimum absolute atomic E-state index is 0.192. The van der Waals surface area contributed by atoms with Gasteiger partial charge in [0, 0.05) is 14.1 Å². The molecule has 2 amide bonds. The van der Waals surface area contributed by atoms with Crippen LogP contribution in [-0.2, 0) is 10.0 Å². The molecule has 0 bridgehead atoms. The fourth-order valence-corrected chi connectivity index (χ4v) is 2.18. The highest BCUT2D eigenvalue weighted by atomic mass is 32.2. The van der Waals surface area contributed by atoms with Crippen molar-refractivity contribution in [3.05, 3.63) is 29.8 Å². The summed E-state index contributed by atoms with van der Waals surface area (Å²) in [7, 11) is -0.511. The molecule has 0 aliphatic heterocycles. The molecule has 1 aromatic carbocycles. The third-order valence-corrected chi connectivity index (χ3v) is 4.21. The summed E-state index contributed by atoms with van der Waals surface area (Å²) in [4.78, 5) is 10.7. The fraction of sp³-hybridized carbons (Fsp3) is 0.273. The summed E-state index contributed by atoms with van der Waals surface area (Å²) in [6, 6.07) is 5.42. The van der Waals surface area contributed by atoms with Crippen LogP contribution in [0.1, 0.15) is 12.5 Å². The van der Waals surface area contributed by atoms with Crippen molar-refractivity contribution < 1.29 is 13.2 Å². The lowest BCUT2D eigenvalue weighted by Gasteiger charge is -2.11. The van der Waals surface area contributed by atoms with Crippen LogP contribution in [-0.4, -0.2) is 38.6 Å². The maximum absolute atomic E-state index is 11.9. The van der Waals surface area contributed by atoms with Crippen LogP contribution in [0.15, 0.2) is 34.3 Å². The van der Waals surface area contributed by atoms with Crippen molar-refractivity contribution in [2.24, 2.45) is 10.8 Å². The molecule has 1 rings (SSSR count). The number of benzene rings is 1. The normalized spacial score (nSPS) is 12.5. The van der Waals surface area contributed by atoms with Crippen LogP contribution in [0.3, 0.4) is 0 Å². The van der Waals surface area contributed by atoms with E-state index in [0.29, 0.717) is 11.3 Å². The summed E-state index contributed by atoms with van der Waals surface area (Å²) >= 11 is 0. The maximum Gasteiger partial charge on any atom is 0.332 e. The molecule has 0 spiro atoms. The quantitative estimate of drug-likeness (QED) is 0.614. The van der Waals surface area contributed by atoms with E-state index in [-0.39, 0.29) is 4.90 Å². The molecular formula is C11H16N4O3S. The first kappa shape index (κ1) is 15.1. The van der Waals surface area contributed by atoms with E-state index in [1.807, 2.05) is 0 Å². The van der Waals surface area contributed by atoms with Gasteiger partial charge in [-0.1, -0.05) is 12.1 Å². The van der Waals surface area contributed by atoms with Gasteiger partial charge in [0.1, 0.15) is 0 Å². The van der Waals surface area contributed by atoms with Gasteiger partial charge < -0.3 is 5.73 Å². The number of nitrogens with two attached hydrogens (primary N) is 1. The van der Waals surface area contributed by atoms with Crippen LogP contribution in [0.4, 0.5) is 4.79 Å². The third kappa shape index (κ3) is 3.76. The van der Waals surface area contributed by atoms with Crippen molar-refractivity contribution in [3.63, 3.8) is 0 Å². The number of primary amides is 1. The minimum Gasteiger partial charge on any atom is -0.350 e. The third-order valence-electron chi connectivity index (χ3n) is 2.38. The lowest BCUT2D eigenvalue weighted by molar-refractivity contribution is 0.249. The van der Waals surface area contributed by atoms with E-state index in [0.717, 1.165) is 4.31 Å². The first-order valence-electron chi connectivity index (χ1n) is 5.38. The van der Waals surface area contributed by atoms with E-state index in [4.69, 9.17) is 5.73 Å². The van der Waals surface area contributed by atoms with E-state index in [9.17, 15) is 13.2 Å². The molecule has 0 aliphatic rings. The summed E-state index contributed by atoms with van der Waals surface area (Å²) < 4.78 is 24.8. The number of amides is 2. The van der Waals surface area contributed by atoms with Gasteiger partial charge in [-0.15, -0.1) is 0 Å². The van der Waals surface area contributed by atoms with Crippen molar-refractivity contribution in [2.75, 3.05) is 14.1 Å². The Labute approximate surface area is 112 Å². The van der Waals surface area contributed by atoms with Gasteiger partial charge in [-0.3, -0.25) is 0 Å². The zero-order valence-corrected chi connectivity index (χ0v) is 11.7. The van der Waals surface area contributed by atoms with Crippen LogP contribution in [0.2, 0.25) is 0 Å². The zero-order chi connectivity index (χ0) is 14.6. The molecule has 19 heavy (non-hydrogen) atoms. The van der Waals surface area contributed by atoms with Gasteiger partial charge in [0.15, 0.2) is 0 Å². The average molecular weight is 284 g/mol. The lowest BCUT2D eigenvalue weighted by Crippen LogP contribution is -2.25. The minimum atomic E-state index is -3.44. The number of rotatable bonds is 4. The van der Waals surface area contributed by atoms with Crippen LogP contribution >= 0.6 is 0 Å². The number of hydrogen-bond donors (Lipinski definition) is 2. The van der Waals surface area contributed by atoms with Crippen LogP contribution in [0.25, 0.3) is 0 Å². The first-order valence-corrected chi connectivity index (χ1v) is 6.82. The molecule has 0 saturated carbocycles. The Balaban J connectivity index is 3.01. The Morgan fingerprint density at radius 3 is 2.21 bits per heavy atom. The molecule has 0 heterocycles. The predicted octanol–water partition coefficient (Wildman–Crippen LogP) is 0.329. The summed E-state index contributed by atoms with van der Waals surface area (Å²) in [6.45, 7) is 1.67. The summed E-state index contributed by atoms with van der Waals surface area (Å²) in [5, 5.41) is 3.75. The fourth-order valence-electron chi connectivity index (χ4n) is 1.28. The molecule has 1 aromatic rings. The molecule has 8 heteroatoms. The van der Waals surface area contributed by atoms with Crippen LogP contribution in [0.5, 0.6) is 0 Å². The van der Waals surface area contributed by atoms with Crippen molar-refractivity contribution in [1.29, 1.82) is 0 Å². The second-order valence-corrected chi connectivity index (χ2v) is 6.14. The van der Waals surface area contributed by atoms with Crippen LogP contribution < -0.4 is 11.2 Å². The van der Waals surface area contributed by atoms with E-state index < -0.39 is 16.1 Å². The number of hydrazone groups is 1. The molecular weight excluding hydrogens is 268 g/mol. The second-order valence-electron chi connectivity index (χ2n) is 3.99. The number of carbonyl (C=O) groups is 1. The number of nitrogens with zero attached hydrogens (tertiary/aromatic N) is 2. The van der Waals surface area contributed by atoms with Gasteiger partial charge in [0.05, 0.1) is 10.6 Å². The Morgan fingerprint density at radius 2 is 1.79 bits per heavy atom. The number of sulfonamides is 1. The van der Waals surface area contributed by atoms with E-state index in [1.165, 1.54) is 26.2 Å². The number of urea groups is 1. The average Bonchev–Trinajstić information content (AvgIpc) is 2.35. The van der Waals surface area contributed by atoms with Gasteiger partial charge in [0.2, 0.25) is 10.0 Å². The first-order chi connectivity index (χ1) is 8.75. The molecule has 3 N–H and O–H groups in total. The number of nitrogens with one attached hydrogen (secondary N) is 1. The molecule has 0 radical (unpaired) electrons. The molecule has 0 fully saturated rings. The Hall–Kier alpha value is -1.93. The molecule has 104 valence electrons. The van der Waals surface area contributed by atoms with Gasteiger partial charge in [-0.05, 0) is 24.6 Å². The SMILES string of the molecule is C/C(=N/NC(N)=O)c1ccc(S(=O)(=O)N(C)C)cc1. The second kappa shape index (κ2) is 5.81. The molecule has 7 nitrogen and oxygen atoms in total. The maximum atomic E-state index is 11.9. The Bertz CT molecular complexity index is 591. The zero-order valence-electron chi connectivity index (χ0n) is 10.9. The summed E-state index contributed by atoms with van der Waals surface area (Å²) in [5.74, 6) is 0. The summed E-state index contributed by atoms with van der Waals surface area (Å²) in [5.41, 5.74) is 8.21. The van der Waals surface area contributed by atoms with E-state index in [2.05, 4.69) is 10.5 Å². The highest BCUT2D eigenvalue weighted by Gasteiger charge is 2.16. The van der Waals surface area contributed by atoms with E-state index in [1.54, 1.807) is 19.1 Å². The molecule has 0 aliphatic carbocycles. The number of carbonyl (C=O) groups excluding carboxylic acids is 1. The molecule has 0 saturated heterocycles. The van der Waals surface area contributed by atoms with Gasteiger partial charge in [0.25, 0.3) is 0 Å². The van der Waals surface area contributed by atoms with E-state index >= 15 is 0 Å². The highest BCUT2D eigenvalue weighted by molar-refractivity contribution is 7.89. The molecule has 0 atom stereocenters. The van der Waals surface area contributed by atoms with Crippen LogP contribution in [0, 0.1) is 0 Å². The van der Waals surface area contributed by atoms with Gasteiger partial charge >= 0.3 is 6.03 Å². The summed E-state index contributed by atoms with van der Waals surface area (Å²) in [6.07, 6.45) is 0. The Morgan fingerprint density at radius 1 is 1.26 bits per heavy atom. The predicted molar refractivity (Wildman–Crippen MR) is 72.2 cm³/mol. The van der Waals surface area contributed by atoms with Crippen molar-refractivity contribution in [1.82, 2.24) is 9.73 Å². The van der Waals surface area contributed by atoms with Crippen molar-refractivity contribution in [2.45, 2.75) is 11.8 Å². The lowest BCUT2D eigenvalue weighted by atomic mass is 10.1. The topological polar surface area (TPSA) is 105 Å². The smallest absolute Gasteiger partial charge is 0.332 e. The van der Waals surface area contributed by atoms with Gasteiger partial charge in [-0.2, -0.15) is 5.10 Å². The van der Waals surface area contributed by atoms with Gasteiger partial charge in [-0.25, -0.2) is 22.9 Å². The molecule has 0 unspecified atom stereocenters. The standard InChI is InChI=1S/C11H16N4O3S/c1-8(13-14-11(12)16)9-4-6-10(7-5-9)19(17,18)15(2)3/h4-7H,1-3H3,(H3,12,14,16)/b13-8-. The number of hydrogen-bond acceptors (Lipinski definition) is 4. The highest BCUT2D eigenvalue weighted by Crippen LogP contribution is 2.14. The van der Waals surface area contributed by atoms with Crippen molar-refractivity contribution >= 4 is 21.8 Å². The monoisotopic (exact) mass is 284 g/mol. The largest absolute Gasteiger partial charge is 0.350 e. The van der Waals surface area contributed by atoms with Crippen molar-refractivity contribution in [3.8, 4) is 0 Å².